The predicted molar refractivity (Wildman–Crippen MR) is 55.1 cm³/mol. The lowest BCUT2D eigenvalue weighted by atomic mass is 9.83. The van der Waals surface area contributed by atoms with Crippen molar-refractivity contribution in [3.63, 3.8) is 0 Å². The van der Waals surface area contributed by atoms with Crippen molar-refractivity contribution in [2.24, 2.45) is 23.7 Å². The highest BCUT2D eigenvalue weighted by atomic mass is 14.4. The summed E-state index contributed by atoms with van der Waals surface area (Å²) in [4.78, 5) is 0. The largest absolute Gasteiger partial charge is 0.0654 e. The molecule has 0 nitrogen and oxygen atoms in total. The average molecular weight is 168 g/mol. The van der Waals surface area contributed by atoms with Crippen LogP contribution < -0.4 is 0 Å². The van der Waals surface area contributed by atoms with Gasteiger partial charge in [0, 0.05) is 0 Å². The molecule has 72 valence electrons. The summed E-state index contributed by atoms with van der Waals surface area (Å²) in [6, 6.07) is 0. The fourth-order valence-corrected chi connectivity index (χ4v) is 3.07. The lowest BCUT2D eigenvalue weighted by Crippen LogP contribution is -2.13. The highest BCUT2D eigenvalue weighted by molar-refractivity contribution is 4.81. The van der Waals surface area contributed by atoms with Crippen molar-refractivity contribution in [1.29, 1.82) is 0 Å². The second-order valence-electron chi connectivity index (χ2n) is 4.98. The van der Waals surface area contributed by atoms with E-state index in [-0.39, 0.29) is 0 Å². The third kappa shape index (κ3) is 2.24. The summed E-state index contributed by atoms with van der Waals surface area (Å²) in [7, 11) is 0. The van der Waals surface area contributed by atoms with Gasteiger partial charge in [0.1, 0.15) is 0 Å². The molecule has 12 heavy (non-hydrogen) atoms. The van der Waals surface area contributed by atoms with Crippen LogP contribution in [0.25, 0.3) is 0 Å². The minimum atomic E-state index is 0.968. The van der Waals surface area contributed by atoms with E-state index in [0.29, 0.717) is 0 Å². The monoisotopic (exact) mass is 168 g/mol. The van der Waals surface area contributed by atoms with Crippen LogP contribution in [0.3, 0.4) is 0 Å². The van der Waals surface area contributed by atoms with Crippen LogP contribution in [0.5, 0.6) is 0 Å². The standard InChI is InChI=1S/C12H24/c1-5-6-10(3)12-8-9(2)7-11(12)4/h9-12H,5-8H2,1-4H3. The van der Waals surface area contributed by atoms with Gasteiger partial charge in [-0.3, -0.25) is 0 Å². The highest BCUT2D eigenvalue weighted by Gasteiger charge is 2.31. The average Bonchev–Trinajstić information content (AvgIpc) is 2.30. The molecular weight excluding hydrogens is 144 g/mol. The molecule has 0 saturated heterocycles. The Hall–Kier alpha value is 0. The topological polar surface area (TPSA) is 0 Å². The Labute approximate surface area is 77.7 Å². The highest BCUT2D eigenvalue weighted by Crippen LogP contribution is 2.41. The molecule has 4 atom stereocenters. The molecule has 1 fully saturated rings. The van der Waals surface area contributed by atoms with Crippen LogP contribution in [0.15, 0.2) is 0 Å². The molecule has 0 heteroatoms. The van der Waals surface area contributed by atoms with Crippen molar-refractivity contribution in [2.45, 2.75) is 53.4 Å². The lowest BCUT2D eigenvalue weighted by Gasteiger charge is -2.22. The van der Waals surface area contributed by atoms with Gasteiger partial charge in [0.05, 0.1) is 0 Å². The second kappa shape index (κ2) is 4.30. The first-order valence-electron chi connectivity index (χ1n) is 5.65. The van der Waals surface area contributed by atoms with E-state index in [4.69, 9.17) is 0 Å². The summed E-state index contributed by atoms with van der Waals surface area (Å²) in [5, 5.41) is 0. The summed E-state index contributed by atoms with van der Waals surface area (Å²) in [6.45, 7) is 9.61. The van der Waals surface area contributed by atoms with Crippen molar-refractivity contribution in [1.82, 2.24) is 0 Å². The predicted octanol–water partition coefficient (Wildman–Crippen LogP) is 4.10. The summed E-state index contributed by atoms with van der Waals surface area (Å²) < 4.78 is 0. The third-order valence-electron chi connectivity index (χ3n) is 3.65. The van der Waals surface area contributed by atoms with Gasteiger partial charge in [-0.1, -0.05) is 40.5 Å². The normalized spacial score (nSPS) is 38.5. The van der Waals surface area contributed by atoms with Gasteiger partial charge in [0.25, 0.3) is 0 Å². The zero-order valence-corrected chi connectivity index (χ0v) is 9.14. The summed E-state index contributed by atoms with van der Waals surface area (Å²) >= 11 is 0. The van der Waals surface area contributed by atoms with Crippen molar-refractivity contribution in [3.05, 3.63) is 0 Å². The Morgan fingerprint density at radius 2 is 1.92 bits per heavy atom. The maximum Gasteiger partial charge on any atom is -0.0360 e. The maximum atomic E-state index is 2.45. The third-order valence-corrected chi connectivity index (χ3v) is 3.65. The van der Waals surface area contributed by atoms with Crippen LogP contribution in [0.2, 0.25) is 0 Å². The van der Waals surface area contributed by atoms with Gasteiger partial charge in [0.15, 0.2) is 0 Å². The molecule has 0 spiro atoms. The van der Waals surface area contributed by atoms with Gasteiger partial charge in [-0.2, -0.15) is 0 Å². The van der Waals surface area contributed by atoms with Crippen molar-refractivity contribution >= 4 is 0 Å². The lowest BCUT2D eigenvalue weighted by molar-refractivity contribution is 0.276. The van der Waals surface area contributed by atoms with Gasteiger partial charge in [-0.25, -0.2) is 0 Å². The number of rotatable bonds is 3. The van der Waals surface area contributed by atoms with E-state index < -0.39 is 0 Å². The van der Waals surface area contributed by atoms with E-state index in [1.807, 2.05) is 0 Å². The molecule has 0 radical (unpaired) electrons. The quantitative estimate of drug-likeness (QED) is 0.595. The van der Waals surface area contributed by atoms with E-state index >= 15 is 0 Å². The minimum absolute atomic E-state index is 0.968. The summed E-state index contributed by atoms with van der Waals surface area (Å²) in [5.41, 5.74) is 0. The fraction of sp³-hybridized carbons (Fsp3) is 1.00. The van der Waals surface area contributed by atoms with Gasteiger partial charge in [-0.15, -0.1) is 0 Å². The van der Waals surface area contributed by atoms with E-state index in [1.165, 1.54) is 25.7 Å². The molecule has 0 N–H and O–H groups in total. The molecular formula is C12H24. The van der Waals surface area contributed by atoms with Crippen LogP contribution in [-0.4, -0.2) is 0 Å². The fourth-order valence-electron chi connectivity index (χ4n) is 3.07. The molecule has 0 aliphatic heterocycles. The molecule has 1 rings (SSSR count). The first-order chi connectivity index (χ1) is 5.65. The van der Waals surface area contributed by atoms with Crippen LogP contribution in [0, 0.1) is 23.7 Å². The number of hydrogen-bond donors (Lipinski definition) is 0. The van der Waals surface area contributed by atoms with Gasteiger partial charge in [-0.05, 0) is 36.5 Å². The molecule has 4 unspecified atom stereocenters. The Morgan fingerprint density at radius 3 is 2.33 bits per heavy atom. The van der Waals surface area contributed by atoms with E-state index in [1.54, 1.807) is 0 Å². The molecule has 0 amide bonds. The summed E-state index contributed by atoms with van der Waals surface area (Å²) in [5.74, 6) is 3.97. The minimum Gasteiger partial charge on any atom is -0.0654 e. The Balaban J connectivity index is 2.40. The van der Waals surface area contributed by atoms with Crippen molar-refractivity contribution in [2.75, 3.05) is 0 Å². The second-order valence-corrected chi connectivity index (χ2v) is 4.98. The van der Waals surface area contributed by atoms with Gasteiger partial charge in [0.2, 0.25) is 0 Å². The first-order valence-corrected chi connectivity index (χ1v) is 5.65. The molecule has 0 aromatic carbocycles. The van der Waals surface area contributed by atoms with Gasteiger partial charge >= 0.3 is 0 Å². The molecule has 0 aromatic heterocycles. The zero-order valence-electron chi connectivity index (χ0n) is 9.14. The van der Waals surface area contributed by atoms with Crippen LogP contribution in [-0.2, 0) is 0 Å². The van der Waals surface area contributed by atoms with Crippen molar-refractivity contribution < 1.29 is 0 Å². The maximum absolute atomic E-state index is 2.45. The van der Waals surface area contributed by atoms with Crippen LogP contribution >= 0.6 is 0 Å². The Kier molecular flexibility index (Phi) is 3.61. The molecule has 1 saturated carbocycles. The summed E-state index contributed by atoms with van der Waals surface area (Å²) in [6.07, 6.45) is 5.75. The van der Waals surface area contributed by atoms with Crippen molar-refractivity contribution in [3.8, 4) is 0 Å². The van der Waals surface area contributed by atoms with Crippen LogP contribution in [0.4, 0.5) is 0 Å². The Bertz CT molecular complexity index is 128. The van der Waals surface area contributed by atoms with E-state index in [9.17, 15) is 0 Å². The SMILES string of the molecule is CCCC(C)C1CC(C)CC1C. The van der Waals surface area contributed by atoms with E-state index in [2.05, 4.69) is 27.7 Å². The molecule has 1 aliphatic rings. The van der Waals surface area contributed by atoms with E-state index in [0.717, 1.165) is 23.7 Å². The first kappa shape index (κ1) is 10.1. The molecule has 0 heterocycles. The molecule has 1 aliphatic carbocycles. The molecule has 0 bridgehead atoms. The van der Waals surface area contributed by atoms with Gasteiger partial charge < -0.3 is 0 Å². The Morgan fingerprint density at radius 1 is 1.25 bits per heavy atom. The number of hydrogen-bond acceptors (Lipinski definition) is 0. The smallest absolute Gasteiger partial charge is 0.0360 e. The zero-order chi connectivity index (χ0) is 9.14. The molecule has 0 aromatic rings. The van der Waals surface area contributed by atoms with Crippen LogP contribution in [0.1, 0.15) is 53.4 Å².